The van der Waals surface area contributed by atoms with Crippen molar-refractivity contribution < 1.29 is 4.84 Å². The molecule has 1 N–H and O–H groups in total. The van der Waals surface area contributed by atoms with Crippen LogP contribution in [0.15, 0.2) is 5.16 Å². The highest BCUT2D eigenvalue weighted by atomic mass is 35.5. The second kappa shape index (κ2) is 7.37. The second-order valence-corrected chi connectivity index (χ2v) is 2.76. The largest absolute Gasteiger partial charge is 0.396 e. The molecule has 1 rings (SSSR count). The Hall–Kier alpha value is -0.280. The average Bonchev–Trinajstić information content (AvgIpc) is 2.07. The van der Waals surface area contributed by atoms with E-state index in [1.54, 1.807) is 0 Å². The Kier molecular flexibility index (Phi) is 7.20. The van der Waals surface area contributed by atoms with Gasteiger partial charge >= 0.3 is 0 Å². The summed E-state index contributed by atoms with van der Waals surface area (Å²) in [5, 5.41) is 7.16. The fourth-order valence-electron chi connectivity index (χ4n) is 1.20. The van der Waals surface area contributed by atoms with Gasteiger partial charge in [-0.1, -0.05) is 5.16 Å². The number of hydrogen-bond acceptors (Lipinski definition) is 3. The minimum Gasteiger partial charge on any atom is -0.396 e. The molecule has 1 fully saturated rings. The lowest BCUT2D eigenvalue weighted by Gasteiger charge is -2.17. The number of nitrogens with one attached hydrogen (secondary N) is 1. The van der Waals surface area contributed by atoms with E-state index in [0.717, 1.165) is 13.1 Å². The van der Waals surface area contributed by atoms with Crippen LogP contribution in [0, 0.1) is 5.92 Å². The van der Waals surface area contributed by atoms with Crippen molar-refractivity contribution in [1.82, 2.24) is 5.32 Å². The molecule has 0 unspecified atom stereocenters. The molecule has 3 nitrogen and oxygen atoms in total. The summed E-state index contributed by atoms with van der Waals surface area (Å²) < 4.78 is 0. The van der Waals surface area contributed by atoms with Gasteiger partial charge in [-0.3, -0.25) is 0 Å². The van der Waals surface area contributed by atoms with Gasteiger partial charge in [-0.15, -0.1) is 12.4 Å². The van der Waals surface area contributed by atoms with E-state index >= 15 is 0 Å². The first-order chi connectivity index (χ1) is 5.43. The van der Waals surface area contributed by atoms with E-state index in [0.29, 0.717) is 12.5 Å². The quantitative estimate of drug-likeness (QED) is 0.542. The van der Waals surface area contributed by atoms with E-state index in [-0.39, 0.29) is 12.4 Å². The highest BCUT2D eigenvalue weighted by Gasteiger charge is 2.09. The summed E-state index contributed by atoms with van der Waals surface area (Å²) in [5.41, 5.74) is 0. The van der Waals surface area contributed by atoms with Crippen LogP contribution < -0.4 is 5.32 Å². The molecule has 0 atom stereocenters. The Morgan fingerprint density at radius 2 is 2.17 bits per heavy atom. The summed E-state index contributed by atoms with van der Waals surface area (Å²) in [6.45, 7) is 4.84. The Morgan fingerprint density at radius 3 is 2.75 bits per heavy atom. The number of piperidine rings is 1. The van der Waals surface area contributed by atoms with Gasteiger partial charge < -0.3 is 10.2 Å². The van der Waals surface area contributed by atoms with Gasteiger partial charge in [0.1, 0.15) is 6.61 Å². The lowest BCUT2D eigenvalue weighted by Crippen LogP contribution is -2.28. The normalized spacial score (nSPS) is 19.1. The maximum absolute atomic E-state index is 4.89. The molecule has 0 aromatic carbocycles. The molecule has 4 heteroatoms. The molecule has 0 aliphatic carbocycles. The fourth-order valence-corrected chi connectivity index (χ4v) is 1.20. The van der Waals surface area contributed by atoms with Crippen LogP contribution >= 0.6 is 12.4 Å². The van der Waals surface area contributed by atoms with Crippen molar-refractivity contribution in [3.63, 3.8) is 0 Å². The van der Waals surface area contributed by atoms with Crippen molar-refractivity contribution in [2.75, 3.05) is 19.7 Å². The molecule has 0 bridgehead atoms. The first-order valence-corrected chi connectivity index (χ1v) is 4.29. The zero-order valence-corrected chi connectivity index (χ0v) is 8.27. The highest BCUT2D eigenvalue weighted by molar-refractivity contribution is 5.85. The highest BCUT2D eigenvalue weighted by Crippen LogP contribution is 2.08. The van der Waals surface area contributed by atoms with E-state index in [4.69, 9.17) is 4.84 Å². The Labute approximate surface area is 80.0 Å². The van der Waals surface area contributed by atoms with Crippen LogP contribution in [0.5, 0.6) is 0 Å². The maximum atomic E-state index is 4.89. The van der Waals surface area contributed by atoms with Gasteiger partial charge in [-0.05, 0) is 38.8 Å². The van der Waals surface area contributed by atoms with Crippen LogP contribution in [0.25, 0.3) is 0 Å². The predicted octanol–water partition coefficient (Wildman–Crippen LogP) is 1.43. The number of hydrogen-bond donors (Lipinski definition) is 1. The van der Waals surface area contributed by atoms with Gasteiger partial charge in [0.05, 0.1) is 0 Å². The molecule has 1 heterocycles. The molecule has 0 aromatic heterocycles. The molecule has 72 valence electrons. The van der Waals surface area contributed by atoms with E-state index < -0.39 is 0 Å². The minimum absolute atomic E-state index is 0. The summed E-state index contributed by atoms with van der Waals surface area (Å²) in [7, 11) is 0. The standard InChI is InChI=1S/C8H16N2O.ClH/c1-2-11-10-7-8-3-5-9-6-4-8;/h7-9H,2-6H2,1H3;1H. The van der Waals surface area contributed by atoms with Crippen molar-refractivity contribution in [3.8, 4) is 0 Å². The van der Waals surface area contributed by atoms with Gasteiger partial charge in [-0.25, -0.2) is 0 Å². The molecule has 1 aliphatic rings. The van der Waals surface area contributed by atoms with Crippen molar-refractivity contribution >= 4 is 18.6 Å². The van der Waals surface area contributed by atoms with Crippen LogP contribution in [-0.2, 0) is 4.84 Å². The number of oxime groups is 1. The monoisotopic (exact) mass is 192 g/mol. The third kappa shape index (κ3) is 4.57. The molecular weight excluding hydrogens is 176 g/mol. The smallest absolute Gasteiger partial charge is 0.114 e. The molecule has 12 heavy (non-hydrogen) atoms. The topological polar surface area (TPSA) is 33.6 Å². The van der Waals surface area contributed by atoms with Crippen molar-refractivity contribution in [1.29, 1.82) is 0 Å². The first kappa shape index (κ1) is 11.7. The molecule has 0 saturated carbocycles. The van der Waals surface area contributed by atoms with Crippen LogP contribution in [0.4, 0.5) is 0 Å². The maximum Gasteiger partial charge on any atom is 0.114 e. The Morgan fingerprint density at radius 1 is 1.50 bits per heavy atom. The molecule has 0 amide bonds. The zero-order chi connectivity index (χ0) is 7.94. The van der Waals surface area contributed by atoms with Gasteiger partial charge in [0, 0.05) is 6.21 Å². The van der Waals surface area contributed by atoms with E-state index in [1.165, 1.54) is 12.8 Å². The SMILES string of the molecule is CCON=CC1CCNCC1.Cl. The van der Waals surface area contributed by atoms with Crippen LogP contribution in [0.1, 0.15) is 19.8 Å². The van der Waals surface area contributed by atoms with Crippen molar-refractivity contribution in [2.24, 2.45) is 11.1 Å². The van der Waals surface area contributed by atoms with Crippen molar-refractivity contribution in [3.05, 3.63) is 0 Å². The zero-order valence-electron chi connectivity index (χ0n) is 7.45. The van der Waals surface area contributed by atoms with E-state index in [9.17, 15) is 0 Å². The number of nitrogens with zero attached hydrogens (tertiary/aromatic N) is 1. The van der Waals surface area contributed by atoms with Crippen LogP contribution in [0.2, 0.25) is 0 Å². The molecule has 1 aliphatic heterocycles. The molecular formula is C8H17ClN2O. The van der Waals surface area contributed by atoms with Gasteiger partial charge in [0.15, 0.2) is 0 Å². The lowest BCUT2D eigenvalue weighted by molar-refractivity contribution is 0.158. The van der Waals surface area contributed by atoms with E-state index in [2.05, 4.69) is 10.5 Å². The summed E-state index contributed by atoms with van der Waals surface area (Å²) in [6, 6.07) is 0. The lowest BCUT2D eigenvalue weighted by atomic mass is 10.0. The molecule has 0 spiro atoms. The Bertz CT molecular complexity index is 124. The van der Waals surface area contributed by atoms with Gasteiger partial charge in [0.2, 0.25) is 0 Å². The minimum atomic E-state index is 0. The Balaban J connectivity index is 0.00000121. The summed E-state index contributed by atoms with van der Waals surface area (Å²) in [6.07, 6.45) is 4.32. The third-order valence-electron chi connectivity index (χ3n) is 1.86. The van der Waals surface area contributed by atoms with Gasteiger partial charge in [-0.2, -0.15) is 0 Å². The van der Waals surface area contributed by atoms with Crippen molar-refractivity contribution in [2.45, 2.75) is 19.8 Å². The molecule has 0 radical (unpaired) electrons. The average molecular weight is 193 g/mol. The van der Waals surface area contributed by atoms with Crippen LogP contribution in [-0.4, -0.2) is 25.9 Å². The molecule has 0 aromatic rings. The third-order valence-corrected chi connectivity index (χ3v) is 1.86. The fraction of sp³-hybridized carbons (Fsp3) is 0.875. The van der Waals surface area contributed by atoms with E-state index in [1.807, 2.05) is 13.1 Å². The van der Waals surface area contributed by atoms with Crippen LogP contribution in [0.3, 0.4) is 0 Å². The summed E-state index contributed by atoms with van der Waals surface area (Å²) >= 11 is 0. The summed E-state index contributed by atoms with van der Waals surface area (Å²) in [4.78, 5) is 4.89. The number of rotatable bonds is 3. The second-order valence-electron chi connectivity index (χ2n) is 2.76. The van der Waals surface area contributed by atoms with Gasteiger partial charge in [0.25, 0.3) is 0 Å². The molecule has 1 saturated heterocycles. The first-order valence-electron chi connectivity index (χ1n) is 4.29. The predicted molar refractivity (Wildman–Crippen MR) is 53.0 cm³/mol. The number of halogens is 1. The summed E-state index contributed by atoms with van der Waals surface area (Å²) in [5.74, 6) is 0.628.